The van der Waals surface area contributed by atoms with Gasteiger partial charge in [0.2, 0.25) is 0 Å². The van der Waals surface area contributed by atoms with Gasteiger partial charge in [0, 0.05) is 6.07 Å². The minimum atomic E-state index is -0.357. The first-order valence-electron chi connectivity index (χ1n) is 5.46. The normalized spacial score (nSPS) is 10.0. The van der Waals surface area contributed by atoms with Crippen LogP contribution in [0.3, 0.4) is 0 Å². The standard InChI is InChI=1S/C13H12FN3OS/c1-18-12-6-8(14)2-4-10(12)17-9-3-5-11(13(15)19)16-7-9/h2-7,17H,1H3,(H2,15,19). The van der Waals surface area contributed by atoms with E-state index in [4.69, 9.17) is 22.7 Å². The molecule has 0 aliphatic carbocycles. The first-order valence-corrected chi connectivity index (χ1v) is 5.87. The molecule has 19 heavy (non-hydrogen) atoms. The number of rotatable bonds is 4. The molecule has 4 nitrogen and oxygen atoms in total. The van der Waals surface area contributed by atoms with Crippen LogP contribution in [-0.4, -0.2) is 17.1 Å². The third-order valence-electron chi connectivity index (χ3n) is 2.46. The van der Waals surface area contributed by atoms with Gasteiger partial charge in [-0.1, -0.05) is 12.2 Å². The summed E-state index contributed by atoms with van der Waals surface area (Å²) in [5.41, 5.74) is 7.39. The topological polar surface area (TPSA) is 60.2 Å². The van der Waals surface area contributed by atoms with Crippen LogP contribution in [0.25, 0.3) is 0 Å². The molecule has 2 aromatic rings. The highest BCUT2D eigenvalue weighted by Crippen LogP contribution is 2.27. The number of anilines is 2. The van der Waals surface area contributed by atoms with Crippen LogP contribution in [0, 0.1) is 5.82 Å². The summed E-state index contributed by atoms with van der Waals surface area (Å²) in [6.07, 6.45) is 1.59. The molecule has 0 amide bonds. The van der Waals surface area contributed by atoms with E-state index in [1.54, 1.807) is 24.4 Å². The fraction of sp³-hybridized carbons (Fsp3) is 0.0769. The molecule has 0 saturated heterocycles. The molecule has 0 atom stereocenters. The number of aromatic nitrogens is 1. The number of methoxy groups -OCH3 is 1. The molecule has 3 N–H and O–H groups in total. The summed E-state index contributed by atoms with van der Waals surface area (Å²) in [6, 6.07) is 7.74. The maximum atomic E-state index is 13.1. The van der Waals surface area contributed by atoms with Gasteiger partial charge >= 0.3 is 0 Å². The number of nitrogens with one attached hydrogen (secondary N) is 1. The van der Waals surface area contributed by atoms with E-state index in [9.17, 15) is 4.39 Å². The molecule has 6 heteroatoms. The number of ether oxygens (including phenoxy) is 1. The zero-order valence-electron chi connectivity index (χ0n) is 10.2. The van der Waals surface area contributed by atoms with Crippen molar-refractivity contribution in [1.82, 2.24) is 4.98 Å². The van der Waals surface area contributed by atoms with Crippen molar-refractivity contribution in [3.63, 3.8) is 0 Å². The van der Waals surface area contributed by atoms with Crippen LogP contribution in [-0.2, 0) is 0 Å². The molecule has 2 rings (SSSR count). The molecule has 0 radical (unpaired) electrons. The van der Waals surface area contributed by atoms with Crippen molar-refractivity contribution < 1.29 is 9.13 Å². The number of nitrogens with two attached hydrogens (primary N) is 1. The van der Waals surface area contributed by atoms with Gasteiger partial charge in [0.05, 0.1) is 30.4 Å². The van der Waals surface area contributed by atoms with Gasteiger partial charge in [0.25, 0.3) is 0 Å². The van der Waals surface area contributed by atoms with Gasteiger partial charge in [-0.2, -0.15) is 0 Å². The Hall–Kier alpha value is -2.21. The van der Waals surface area contributed by atoms with Gasteiger partial charge in [0.1, 0.15) is 16.6 Å². The van der Waals surface area contributed by atoms with Crippen molar-refractivity contribution in [2.75, 3.05) is 12.4 Å². The lowest BCUT2D eigenvalue weighted by Gasteiger charge is -2.11. The van der Waals surface area contributed by atoms with Crippen molar-refractivity contribution in [1.29, 1.82) is 0 Å². The molecule has 0 aliphatic rings. The van der Waals surface area contributed by atoms with E-state index in [-0.39, 0.29) is 10.8 Å². The lowest BCUT2D eigenvalue weighted by Crippen LogP contribution is -2.11. The Bertz CT molecular complexity index is 601. The molecule has 1 aromatic heterocycles. The van der Waals surface area contributed by atoms with Gasteiger partial charge in [-0.05, 0) is 24.3 Å². The molecule has 98 valence electrons. The zero-order chi connectivity index (χ0) is 13.8. The van der Waals surface area contributed by atoms with Gasteiger partial charge in [0.15, 0.2) is 0 Å². The number of benzene rings is 1. The van der Waals surface area contributed by atoms with Crippen LogP contribution in [0.15, 0.2) is 36.5 Å². The van der Waals surface area contributed by atoms with Crippen LogP contribution in [0.4, 0.5) is 15.8 Å². The van der Waals surface area contributed by atoms with Crippen LogP contribution in [0.2, 0.25) is 0 Å². The molecule has 1 aromatic carbocycles. The van der Waals surface area contributed by atoms with Crippen molar-refractivity contribution in [2.24, 2.45) is 5.73 Å². The van der Waals surface area contributed by atoms with E-state index in [1.807, 2.05) is 0 Å². The van der Waals surface area contributed by atoms with Gasteiger partial charge < -0.3 is 15.8 Å². The molecular weight excluding hydrogens is 265 g/mol. The lowest BCUT2D eigenvalue weighted by molar-refractivity contribution is 0.413. The predicted molar refractivity (Wildman–Crippen MR) is 76.4 cm³/mol. The molecule has 0 spiro atoms. The summed E-state index contributed by atoms with van der Waals surface area (Å²) < 4.78 is 18.2. The van der Waals surface area contributed by atoms with Crippen LogP contribution < -0.4 is 15.8 Å². The van der Waals surface area contributed by atoms with Crippen molar-refractivity contribution in [3.8, 4) is 5.75 Å². The summed E-state index contributed by atoms with van der Waals surface area (Å²) in [7, 11) is 1.48. The molecule has 0 bridgehead atoms. The zero-order valence-corrected chi connectivity index (χ0v) is 11.0. The summed E-state index contributed by atoms with van der Waals surface area (Å²) in [6.45, 7) is 0. The predicted octanol–water partition coefficient (Wildman–Crippen LogP) is 2.61. The minimum Gasteiger partial charge on any atom is -0.494 e. The van der Waals surface area contributed by atoms with Gasteiger partial charge in [-0.3, -0.25) is 4.98 Å². The summed E-state index contributed by atoms with van der Waals surface area (Å²) in [5.74, 6) is 0.0581. The number of pyridine rings is 1. The first-order chi connectivity index (χ1) is 9.10. The first kappa shape index (κ1) is 13.2. The highest BCUT2D eigenvalue weighted by molar-refractivity contribution is 7.80. The molecule has 0 unspecified atom stereocenters. The lowest BCUT2D eigenvalue weighted by atomic mass is 10.2. The second kappa shape index (κ2) is 5.62. The number of hydrogen-bond acceptors (Lipinski definition) is 4. The number of nitrogens with zero attached hydrogens (tertiary/aromatic N) is 1. The number of hydrogen-bond donors (Lipinski definition) is 2. The van der Waals surface area contributed by atoms with Crippen LogP contribution >= 0.6 is 12.2 Å². The molecular formula is C13H12FN3OS. The van der Waals surface area contributed by atoms with Crippen LogP contribution in [0.1, 0.15) is 5.69 Å². The van der Waals surface area contributed by atoms with E-state index in [0.29, 0.717) is 17.1 Å². The van der Waals surface area contributed by atoms with Crippen molar-refractivity contribution in [3.05, 3.63) is 48.0 Å². The minimum absolute atomic E-state index is 0.242. The molecule has 0 fully saturated rings. The Labute approximate surface area is 115 Å². The van der Waals surface area contributed by atoms with E-state index in [0.717, 1.165) is 5.69 Å². The molecule has 0 aliphatic heterocycles. The summed E-state index contributed by atoms with van der Waals surface area (Å²) in [4.78, 5) is 4.35. The highest BCUT2D eigenvalue weighted by atomic mass is 32.1. The highest BCUT2D eigenvalue weighted by Gasteiger charge is 2.05. The smallest absolute Gasteiger partial charge is 0.145 e. The van der Waals surface area contributed by atoms with E-state index in [1.165, 1.54) is 19.2 Å². The largest absolute Gasteiger partial charge is 0.494 e. The Balaban J connectivity index is 2.23. The number of thiocarbonyl (C=S) groups is 1. The maximum Gasteiger partial charge on any atom is 0.145 e. The van der Waals surface area contributed by atoms with E-state index >= 15 is 0 Å². The molecule has 0 saturated carbocycles. The average Bonchev–Trinajstić information content (AvgIpc) is 2.41. The number of halogens is 1. The fourth-order valence-electron chi connectivity index (χ4n) is 1.54. The van der Waals surface area contributed by atoms with Crippen molar-refractivity contribution in [2.45, 2.75) is 0 Å². The monoisotopic (exact) mass is 277 g/mol. The van der Waals surface area contributed by atoms with Gasteiger partial charge in [-0.25, -0.2) is 4.39 Å². The summed E-state index contributed by atoms with van der Waals surface area (Å²) in [5, 5.41) is 3.08. The third-order valence-corrected chi connectivity index (χ3v) is 2.67. The van der Waals surface area contributed by atoms with E-state index < -0.39 is 0 Å². The maximum absolute atomic E-state index is 13.1. The van der Waals surface area contributed by atoms with Crippen LogP contribution in [0.5, 0.6) is 5.75 Å². The Morgan fingerprint density at radius 1 is 1.37 bits per heavy atom. The third kappa shape index (κ3) is 3.17. The van der Waals surface area contributed by atoms with E-state index in [2.05, 4.69) is 10.3 Å². The second-order valence-corrected chi connectivity index (χ2v) is 4.21. The Kier molecular flexibility index (Phi) is 3.91. The van der Waals surface area contributed by atoms with Gasteiger partial charge in [-0.15, -0.1) is 0 Å². The SMILES string of the molecule is COc1cc(F)ccc1Nc1ccc(C(N)=S)nc1. The average molecular weight is 277 g/mol. The Morgan fingerprint density at radius 3 is 2.74 bits per heavy atom. The fourth-order valence-corrected chi connectivity index (χ4v) is 1.66. The molecule has 1 heterocycles. The quantitative estimate of drug-likeness (QED) is 0.841. The van der Waals surface area contributed by atoms with Crippen molar-refractivity contribution >= 4 is 28.6 Å². The summed E-state index contributed by atoms with van der Waals surface area (Å²) >= 11 is 4.82. The second-order valence-electron chi connectivity index (χ2n) is 3.77. The Morgan fingerprint density at radius 2 is 2.16 bits per heavy atom.